The van der Waals surface area contributed by atoms with Crippen molar-refractivity contribution in [3.05, 3.63) is 0 Å². The first kappa shape index (κ1) is 17.1. The summed E-state index contributed by atoms with van der Waals surface area (Å²) in [6.07, 6.45) is 0. The van der Waals surface area contributed by atoms with Gasteiger partial charge >= 0.3 is 5.51 Å². The third-order valence-corrected chi connectivity index (χ3v) is 10.7. The molecule has 0 spiro atoms. The summed E-state index contributed by atoms with van der Waals surface area (Å²) in [6.45, 7) is 11.1. The summed E-state index contributed by atoms with van der Waals surface area (Å²) in [7, 11) is -2.72. The molecule has 0 aromatic rings. The van der Waals surface area contributed by atoms with E-state index in [9.17, 15) is 17.4 Å². The Balaban J connectivity index is 5.28. The van der Waals surface area contributed by atoms with E-state index in [1.54, 1.807) is 0 Å². The third kappa shape index (κ3) is 3.79. The van der Waals surface area contributed by atoms with Crippen molar-refractivity contribution in [3.63, 3.8) is 0 Å². The van der Waals surface area contributed by atoms with Crippen molar-refractivity contribution in [2.24, 2.45) is 0 Å². The molecule has 0 aromatic carbocycles. The predicted octanol–water partition coefficient (Wildman–Crippen LogP) is 4.36. The zero-order chi connectivity index (χ0) is 14.0. The number of halogens is 3. The second kappa shape index (κ2) is 5.84. The number of alkyl halides is 3. The largest absolute Gasteiger partial charge is 0.496 e. The van der Waals surface area contributed by atoms with Gasteiger partial charge in [0, 0.05) is 0 Å². The molecule has 104 valence electrons. The van der Waals surface area contributed by atoms with E-state index in [1.807, 2.05) is 41.5 Å². The van der Waals surface area contributed by atoms with E-state index in [-0.39, 0.29) is 16.6 Å². The first-order valence-corrected chi connectivity index (χ1v) is 8.85. The maximum atomic E-state index is 12.4. The summed E-state index contributed by atoms with van der Waals surface area (Å²) < 4.78 is 53.4. The van der Waals surface area contributed by atoms with Gasteiger partial charge in [0.05, 0.1) is 0 Å². The van der Waals surface area contributed by atoms with Crippen LogP contribution in [0.15, 0.2) is 0 Å². The molecule has 1 atom stereocenters. The minimum absolute atomic E-state index is 0.0196. The predicted molar refractivity (Wildman–Crippen MR) is 66.3 cm³/mol. The Labute approximate surface area is 105 Å². The fourth-order valence-corrected chi connectivity index (χ4v) is 10.2. The van der Waals surface area contributed by atoms with Gasteiger partial charge in [0.25, 0.3) is 11.1 Å². The average Bonchev–Trinajstić information content (AvgIpc) is 2.09. The highest BCUT2D eigenvalue weighted by Gasteiger charge is 2.51. The lowest BCUT2D eigenvalue weighted by Crippen LogP contribution is -2.49. The van der Waals surface area contributed by atoms with E-state index in [1.165, 1.54) is 0 Å². The van der Waals surface area contributed by atoms with Crippen molar-refractivity contribution < 1.29 is 21.3 Å². The Morgan fingerprint density at radius 2 is 1.24 bits per heavy atom. The van der Waals surface area contributed by atoms with Gasteiger partial charge in [0.15, 0.2) is 0 Å². The van der Waals surface area contributed by atoms with Crippen molar-refractivity contribution in [1.29, 1.82) is 0 Å². The summed E-state index contributed by atoms with van der Waals surface area (Å²) in [5, 5.41) is 0. The van der Waals surface area contributed by atoms with Crippen molar-refractivity contribution >= 4 is 19.4 Å². The summed E-state index contributed by atoms with van der Waals surface area (Å²) in [5.74, 6) is 0. The van der Waals surface area contributed by atoms with Crippen LogP contribution in [0.25, 0.3) is 0 Å². The SMILES string of the molecule is CC(C)[Si](OS(=O)C(F)(F)F)(C(C)C)C(C)C. The van der Waals surface area contributed by atoms with Gasteiger partial charge < -0.3 is 3.87 Å². The summed E-state index contributed by atoms with van der Waals surface area (Å²) in [6, 6.07) is 0. The van der Waals surface area contributed by atoms with Gasteiger partial charge in [0.2, 0.25) is 8.32 Å². The zero-order valence-corrected chi connectivity index (χ0v) is 12.9. The third-order valence-electron chi connectivity index (χ3n) is 3.12. The van der Waals surface area contributed by atoms with Crippen LogP contribution >= 0.6 is 0 Å². The van der Waals surface area contributed by atoms with E-state index in [0.29, 0.717) is 0 Å². The summed E-state index contributed by atoms with van der Waals surface area (Å²) in [5.41, 5.74) is -4.85. The molecule has 0 bridgehead atoms. The highest BCUT2D eigenvalue weighted by molar-refractivity contribution is 7.82. The molecule has 0 aliphatic heterocycles. The van der Waals surface area contributed by atoms with Crippen LogP contribution in [0.4, 0.5) is 13.2 Å². The molecule has 0 saturated carbocycles. The van der Waals surface area contributed by atoms with E-state index in [4.69, 9.17) is 3.87 Å². The highest BCUT2D eigenvalue weighted by Crippen LogP contribution is 2.44. The Morgan fingerprint density at radius 1 is 0.941 bits per heavy atom. The van der Waals surface area contributed by atoms with Gasteiger partial charge in [-0.25, -0.2) is 4.21 Å². The molecule has 0 amide bonds. The molecular weight excluding hydrogens is 269 g/mol. The fraction of sp³-hybridized carbons (Fsp3) is 1.00. The molecule has 7 heteroatoms. The molecule has 0 heterocycles. The first-order valence-electron chi connectivity index (χ1n) is 5.64. The second-order valence-electron chi connectivity index (χ2n) is 5.08. The van der Waals surface area contributed by atoms with E-state index >= 15 is 0 Å². The fourth-order valence-electron chi connectivity index (χ4n) is 2.47. The molecule has 0 fully saturated rings. The van der Waals surface area contributed by atoms with Crippen LogP contribution < -0.4 is 0 Å². The average molecular weight is 290 g/mol. The lowest BCUT2D eigenvalue weighted by atomic mass is 10.5. The molecule has 2 nitrogen and oxygen atoms in total. The molecule has 0 aliphatic carbocycles. The smallest absolute Gasteiger partial charge is 0.327 e. The Morgan fingerprint density at radius 3 is 1.41 bits per heavy atom. The van der Waals surface area contributed by atoms with Gasteiger partial charge in [-0.1, -0.05) is 41.5 Å². The van der Waals surface area contributed by atoms with Crippen molar-refractivity contribution in [1.82, 2.24) is 0 Å². The Bertz CT molecular complexity index is 255. The first-order chi connectivity index (χ1) is 7.46. The van der Waals surface area contributed by atoms with Crippen molar-refractivity contribution in [3.8, 4) is 0 Å². The molecular formula is C10H21F3O2SSi. The summed E-state index contributed by atoms with van der Waals surface area (Å²) in [4.78, 5) is 0. The Hall–Kier alpha value is 0.117. The van der Waals surface area contributed by atoms with E-state index < -0.39 is 24.9 Å². The standard InChI is InChI=1S/C10H21F3O2SSi/c1-7(2)17(8(3)4,9(5)6)15-16(14)10(11,12)13/h7-9H,1-6H3. The molecule has 0 radical (unpaired) electrons. The van der Waals surface area contributed by atoms with Gasteiger partial charge in [-0.2, -0.15) is 13.2 Å². The van der Waals surface area contributed by atoms with Gasteiger partial charge in [-0.05, 0) is 16.6 Å². The quantitative estimate of drug-likeness (QED) is 0.703. The molecule has 0 rings (SSSR count). The van der Waals surface area contributed by atoms with E-state index in [2.05, 4.69) is 0 Å². The minimum atomic E-state index is -4.79. The van der Waals surface area contributed by atoms with E-state index in [0.717, 1.165) is 0 Å². The zero-order valence-electron chi connectivity index (χ0n) is 11.1. The topological polar surface area (TPSA) is 26.3 Å². The maximum absolute atomic E-state index is 12.4. The van der Waals surface area contributed by atoms with Gasteiger partial charge in [-0.3, -0.25) is 0 Å². The van der Waals surface area contributed by atoms with Crippen LogP contribution in [0.3, 0.4) is 0 Å². The summed E-state index contributed by atoms with van der Waals surface area (Å²) >= 11 is -3.21. The van der Waals surface area contributed by atoms with Crippen molar-refractivity contribution in [2.75, 3.05) is 0 Å². The molecule has 1 unspecified atom stereocenters. The number of hydrogen-bond acceptors (Lipinski definition) is 2. The molecule has 0 aliphatic rings. The molecule has 17 heavy (non-hydrogen) atoms. The molecule has 0 N–H and O–H groups in total. The number of hydrogen-bond donors (Lipinski definition) is 0. The molecule has 0 aromatic heterocycles. The monoisotopic (exact) mass is 290 g/mol. The highest BCUT2D eigenvalue weighted by atomic mass is 32.2. The maximum Gasteiger partial charge on any atom is 0.496 e. The normalized spacial score (nSPS) is 16.0. The Kier molecular flexibility index (Phi) is 5.88. The second-order valence-corrected chi connectivity index (χ2v) is 11.9. The van der Waals surface area contributed by atoms with Crippen LogP contribution in [0.1, 0.15) is 41.5 Å². The van der Waals surface area contributed by atoms with Crippen LogP contribution in [-0.4, -0.2) is 18.0 Å². The van der Waals surface area contributed by atoms with Crippen LogP contribution in [-0.2, 0) is 15.0 Å². The number of rotatable bonds is 5. The lowest BCUT2D eigenvalue weighted by molar-refractivity contribution is -0.0442. The van der Waals surface area contributed by atoms with Gasteiger partial charge in [0.1, 0.15) is 0 Å². The van der Waals surface area contributed by atoms with Crippen LogP contribution in [0, 0.1) is 0 Å². The molecule has 0 saturated heterocycles. The van der Waals surface area contributed by atoms with Crippen LogP contribution in [0.2, 0.25) is 16.6 Å². The van der Waals surface area contributed by atoms with Crippen molar-refractivity contribution in [2.45, 2.75) is 63.7 Å². The lowest BCUT2D eigenvalue weighted by Gasteiger charge is -2.40. The minimum Gasteiger partial charge on any atom is -0.327 e. The van der Waals surface area contributed by atoms with Crippen LogP contribution in [0.5, 0.6) is 0 Å². The van der Waals surface area contributed by atoms with Gasteiger partial charge in [-0.15, -0.1) is 0 Å².